The average Bonchev–Trinajstić information content (AvgIpc) is 2.05. The van der Waals surface area contributed by atoms with E-state index >= 15 is 0 Å². The molecule has 0 unspecified atom stereocenters. The normalized spacial score (nSPS) is 10.0. The van der Waals surface area contributed by atoms with Crippen molar-refractivity contribution in [3.8, 4) is 0 Å². The van der Waals surface area contributed by atoms with Gasteiger partial charge in [0.1, 0.15) is 0 Å². The quantitative estimate of drug-likeness (QED) is 0.459. The molecule has 0 atom stereocenters. The molecule has 6 nitrogen and oxygen atoms in total. The maximum absolute atomic E-state index is 3.67. The molecule has 2 rings (SSSR count). The summed E-state index contributed by atoms with van der Waals surface area (Å²) in [5.74, 6) is 0. The Bertz CT molecular complexity index is 281. The van der Waals surface area contributed by atoms with Crippen LogP contribution in [0.4, 0.5) is 0 Å². The van der Waals surface area contributed by atoms with Crippen molar-refractivity contribution in [3.63, 3.8) is 0 Å². The SMILES string of the molecule is [c]1ncc2nnnnc2n1. The summed E-state index contributed by atoms with van der Waals surface area (Å²) in [5, 5.41) is 13.8. The highest BCUT2D eigenvalue weighted by Gasteiger charge is 1.94. The second kappa shape index (κ2) is 1.90. The van der Waals surface area contributed by atoms with Crippen molar-refractivity contribution in [2.45, 2.75) is 0 Å². The molecule has 0 aliphatic heterocycles. The van der Waals surface area contributed by atoms with E-state index in [4.69, 9.17) is 0 Å². The highest BCUT2D eigenvalue weighted by Crippen LogP contribution is 1.95. The van der Waals surface area contributed by atoms with Gasteiger partial charge in [0.15, 0.2) is 11.8 Å². The van der Waals surface area contributed by atoms with E-state index in [2.05, 4.69) is 36.9 Å². The number of nitrogens with zero attached hydrogens (tertiary/aromatic N) is 6. The molecule has 0 fully saturated rings. The molecule has 0 aliphatic rings. The first-order chi connectivity index (χ1) is 4.97. The first kappa shape index (κ1) is 5.10. The maximum atomic E-state index is 3.67. The summed E-state index contributed by atoms with van der Waals surface area (Å²) < 4.78 is 0. The monoisotopic (exact) mass is 133 g/mol. The summed E-state index contributed by atoms with van der Waals surface area (Å²) in [6.07, 6.45) is 3.84. The number of hydrogen-bond donors (Lipinski definition) is 0. The van der Waals surface area contributed by atoms with Crippen LogP contribution in [-0.4, -0.2) is 30.6 Å². The Kier molecular flexibility index (Phi) is 0.970. The summed E-state index contributed by atoms with van der Waals surface area (Å²) in [5.41, 5.74) is 0.929. The van der Waals surface area contributed by atoms with E-state index in [1.165, 1.54) is 6.20 Å². The molecule has 2 aromatic heterocycles. The van der Waals surface area contributed by atoms with Gasteiger partial charge >= 0.3 is 0 Å². The molecule has 2 heterocycles. The molecule has 1 radical (unpaired) electrons. The largest absolute Gasteiger partial charge is 0.231 e. The van der Waals surface area contributed by atoms with Gasteiger partial charge in [-0.3, -0.25) is 0 Å². The fourth-order valence-electron chi connectivity index (χ4n) is 0.556. The van der Waals surface area contributed by atoms with E-state index in [0.29, 0.717) is 11.2 Å². The van der Waals surface area contributed by atoms with E-state index in [0.717, 1.165) is 0 Å². The molecule has 0 bridgehead atoms. The van der Waals surface area contributed by atoms with E-state index in [9.17, 15) is 0 Å². The topological polar surface area (TPSA) is 77.3 Å². The Hall–Kier alpha value is -1.72. The molecule has 0 spiro atoms. The van der Waals surface area contributed by atoms with Gasteiger partial charge in [0.25, 0.3) is 0 Å². The van der Waals surface area contributed by atoms with Crippen molar-refractivity contribution in [1.82, 2.24) is 30.6 Å². The van der Waals surface area contributed by atoms with E-state index < -0.39 is 0 Å². The molecule has 0 saturated heterocycles. The van der Waals surface area contributed by atoms with Gasteiger partial charge in [0.05, 0.1) is 6.20 Å². The number of hydrogen-bond acceptors (Lipinski definition) is 6. The van der Waals surface area contributed by atoms with Crippen LogP contribution in [0.3, 0.4) is 0 Å². The van der Waals surface area contributed by atoms with Crippen LogP contribution in [0.2, 0.25) is 0 Å². The van der Waals surface area contributed by atoms with Gasteiger partial charge in [0, 0.05) is 0 Å². The lowest BCUT2D eigenvalue weighted by atomic mass is 10.6. The fraction of sp³-hybridized carbons (Fsp3) is 0. The Balaban J connectivity index is 2.89. The molecule has 0 saturated carbocycles. The third-order valence-corrected chi connectivity index (χ3v) is 0.961. The van der Waals surface area contributed by atoms with Crippen molar-refractivity contribution in [2.24, 2.45) is 0 Å². The molecule has 2 aromatic rings. The zero-order chi connectivity index (χ0) is 6.81. The molecule has 10 heavy (non-hydrogen) atoms. The van der Waals surface area contributed by atoms with Crippen LogP contribution in [0.15, 0.2) is 6.20 Å². The van der Waals surface area contributed by atoms with Crippen LogP contribution in [-0.2, 0) is 0 Å². The van der Waals surface area contributed by atoms with Crippen molar-refractivity contribution in [1.29, 1.82) is 0 Å². The van der Waals surface area contributed by atoms with Gasteiger partial charge in [-0.25, -0.2) is 9.97 Å². The summed E-state index contributed by atoms with van der Waals surface area (Å²) in [7, 11) is 0. The van der Waals surface area contributed by atoms with Crippen LogP contribution in [0.1, 0.15) is 0 Å². The van der Waals surface area contributed by atoms with Crippen molar-refractivity contribution in [2.75, 3.05) is 0 Å². The smallest absolute Gasteiger partial charge is 0.207 e. The highest BCUT2D eigenvalue weighted by molar-refractivity contribution is 5.65. The van der Waals surface area contributed by atoms with E-state index in [1.54, 1.807) is 0 Å². The second-order valence-corrected chi connectivity index (χ2v) is 1.56. The third-order valence-electron chi connectivity index (χ3n) is 0.961. The van der Waals surface area contributed by atoms with Crippen LogP contribution in [0, 0.1) is 6.33 Å². The van der Waals surface area contributed by atoms with Gasteiger partial charge in [-0.05, 0) is 10.4 Å². The Labute approximate surface area is 55.3 Å². The summed E-state index contributed by atoms with van der Waals surface area (Å²) in [6.45, 7) is 0. The molecule has 0 amide bonds. The predicted molar refractivity (Wildman–Crippen MR) is 29.6 cm³/mol. The zero-order valence-corrected chi connectivity index (χ0v) is 4.76. The average molecular weight is 133 g/mol. The second-order valence-electron chi connectivity index (χ2n) is 1.56. The molecular formula is C4HN6. The number of fused-ring (bicyclic) bond motifs is 1. The molecule has 6 heteroatoms. The Morgan fingerprint density at radius 2 is 2.10 bits per heavy atom. The summed E-state index contributed by atoms with van der Waals surface area (Å²) in [6, 6.07) is 0. The summed E-state index contributed by atoms with van der Waals surface area (Å²) >= 11 is 0. The van der Waals surface area contributed by atoms with Gasteiger partial charge in [0.2, 0.25) is 5.65 Å². The van der Waals surface area contributed by atoms with E-state index in [-0.39, 0.29) is 0 Å². The van der Waals surface area contributed by atoms with Crippen LogP contribution < -0.4 is 0 Å². The first-order valence-corrected chi connectivity index (χ1v) is 2.51. The lowest BCUT2D eigenvalue weighted by molar-refractivity contribution is 0.787. The number of rotatable bonds is 0. The summed E-state index contributed by atoms with van der Waals surface area (Å²) in [4.78, 5) is 7.28. The Morgan fingerprint density at radius 1 is 1.20 bits per heavy atom. The third kappa shape index (κ3) is 0.661. The van der Waals surface area contributed by atoms with Gasteiger partial charge in [-0.2, -0.15) is 0 Å². The fourth-order valence-corrected chi connectivity index (χ4v) is 0.556. The van der Waals surface area contributed by atoms with Crippen molar-refractivity contribution in [3.05, 3.63) is 12.5 Å². The van der Waals surface area contributed by atoms with Gasteiger partial charge in [-0.1, -0.05) is 0 Å². The van der Waals surface area contributed by atoms with Crippen molar-refractivity contribution < 1.29 is 0 Å². The highest BCUT2D eigenvalue weighted by atomic mass is 15.4. The van der Waals surface area contributed by atoms with Gasteiger partial charge in [-0.15, -0.1) is 10.2 Å². The lowest BCUT2D eigenvalue weighted by Crippen LogP contribution is -1.94. The molecule has 47 valence electrons. The maximum Gasteiger partial charge on any atom is 0.207 e. The van der Waals surface area contributed by atoms with Crippen LogP contribution in [0.25, 0.3) is 11.2 Å². The minimum absolute atomic E-state index is 0.407. The van der Waals surface area contributed by atoms with Crippen LogP contribution in [0.5, 0.6) is 0 Å². The molecular weight excluding hydrogens is 132 g/mol. The minimum Gasteiger partial charge on any atom is -0.231 e. The minimum atomic E-state index is 0.407. The molecule has 0 aromatic carbocycles. The molecule has 0 N–H and O–H groups in total. The first-order valence-electron chi connectivity index (χ1n) is 2.51. The Morgan fingerprint density at radius 3 is 3.00 bits per heavy atom. The van der Waals surface area contributed by atoms with E-state index in [1.807, 2.05) is 0 Å². The van der Waals surface area contributed by atoms with Crippen LogP contribution >= 0.6 is 0 Å². The zero-order valence-electron chi connectivity index (χ0n) is 4.76. The van der Waals surface area contributed by atoms with Gasteiger partial charge < -0.3 is 0 Å². The molecule has 0 aliphatic carbocycles. The predicted octanol–water partition coefficient (Wildman–Crippen LogP) is -0.990. The lowest BCUT2D eigenvalue weighted by Gasteiger charge is -1.85. The number of aromatic nitrogens is 6. The standard InChI is InChI=1S/C4HN6/c1-3-4(6-2-5-1)8-10-9-7-3/h1H. The van der Waals surface area contributed by atoms with Crippen molar-refractivity contribution >= 4 is 11.2 Å².